The van der Waals surface area contributed by atoms with E-state index in [4.69, 9.17) is 23.2 Å². The summed E-state index contributed by atoms with van der Waals surface area (Å²) in [5.41, 5.74) is 0.485. The van der Waals surface area contributed by atoms with Crippen LogP contribution in [0.2, 0.25) is 9.36 Å². The molecule has 2 heterocycles. The van der Waals surface area contributed by atoms with Gasteiger partial charge in [-0.1, -0.05) is 29.3 Å². The Morgan fingerprint density at radius 1 is 1.04 bits per heavy atom. The summed E-state index contributed by atoms with van der Waals surface area (Å²) in [6, 6.07) is 8.04. The van der Waals surface area contributed by atoms with Gasteiger partial charge in [0.05, 0.1) is 9.21 Å². The van der Waals surface area contributed by atoms with Crippen LogP contribution in [0.3, 0.4) is 0 Å². The molecule has 1 aromatic carbocycles. The van der Waals surface area contributed by atoms with Crippen LogP contribution in [0.25, 0.3) is 0 Å². The summed E-state index contributed by atoms with van der Waals surface area (Å²) in [5.74, 6) is -0.407. The molecule has 2 aromatic rings. The summed E-state index contributed by atoms with van der Waals surface area (Å²) in [5, 5.41) is 0.417. The van der Waals surface area contributed by atoms with Gasteiger partial charge in [0.15, 0.2) is 5.78 Å². The van der Waals surface area contributed by atoms with Crippen molar-refractivity contribution in [1.82, 2.24) is 9.80 Å². The molecule has 0 aliphatic carbocycles. The van der Waals surface area contributed by atoms with Crippen molar-refractivity contribution >= 4 is 46.2 Å². The number of carbonyl (C=O) groups excluding carboxylic acids is 2. The number of hydrogen-bond donors (Lipinski definition) is 0. The molecular weight excluding hydrogens is 410 g/mol. The van der Waals surface area contributed by atoms with Crippen LogP contribution in [-0.2, 0) is 11.3 Å². The number of carbonyl (C=O) groups is 2. The molecule has 0 saturated carbocycles. The van der Waals surface area contributed by atoms with E-state index in [-0.39, 0.29) is 30.3 Å². The SMILES string of the molecule is O=C(CCC(=O)N1CCN(Cc2c(F)cccc2Cl)CC1)c1ccc(Cl)s1. The number of piperazine rings is 1. The number of benzene rings is 1. The Balaban J connectivity index is 1.46. The number of ketones is 1. The van der Waals surface area contributed by atoms with E-state index in [0.29, 0.717) is 52.5 Å². The molecule has 0 atom stereocenters. The van der Waals surface area contributed by atoms with Gasteiger partial charge >= 0.3 is 0 Å². The second kappa shape index (κ2) is 9.15. The Hall–Kier alpha value is -1.47. The maximum absolute atomic E-state index is 13.9. The topological polar surface area (TPSA) is 40.6 Å². The third kappa shape index (κ3) is 5.29. The van der Waals surface area contributed by atoms with Crippen molar-refractivity contribution in [2.45, 2.75) is 19.4 Å². The minimum atomic E-state index is -0.312. The molecule has 0 bridgehead atoms. The average molecular weight is 429 g/mol. The zero-order valence-electron chi connectivity index (χ0n) is 14.6. The van der Waals surface area contributed by atoms with Gasteiger partial charge in [-0.15, -0.1) is 11.3 Å². The smallest absolute Gasteiger partial charge is 0.223 e. The standard InChI is InChI=1S/C19H19Cl2FN2O2S/c20-14-2-1-3-15(22)13(14)12-23-8-10-24(11-9-23)19(26)7-4-16(25)17-5-6-18(21)27-17/h1-3,5-6H,4,7-12H2. The van der Waals surface area contributed by atoms with Crippen LogP contribution in [0.1, 0.15) is 28.1 Å². The summed E-state index contributed by atoms with van der Waals surface area (Å²) in [4.78, 5) is 28.9. The lowest BCUT2D eigenvalue weighted by molar-refractivity contribution is -0.133. The maximum Gasteiger partial charge on any atom is 0.223 e. The van der Waals surface area contributed by atoms with Crippen molar-refractivity contribution in [2.24, 2.45) is 0 Å². The maximum atomic E-state index is 13.9. The number of rotatable bonds is 6. The summed E-state index contributed by atoms with van der Waals surface area (Å²) >= 11 is 13.1. The van der Waals surface area contributed by atoms with Crippen LogP contribution in [0, 0.1) is 5.82 Å². The fourth-order valence-electron chi connectivity index (χ4n) is 3.03. The fraction of sp³-hybridized carbons (Fsp3) is 0.368. The first-order valence-corrected chi connectivity index (χ1v) is 10.2. The minimum Gasteiger partial charge on any atom is -0.340 e. The van der Waals surface area contributed by atoms with Crippen molar-refractivity contribution in [3.8, 4) is 0 Å². The lowest BCUT2D eigenvalue weighted by Gasteiger charge is -2.35. The third-order valence-electron chi connectivity index (χ3n) is 4.58. The van der Waals surface area contributed by atoms with Gasteiger partial charge in [0.2, 0.25) is 5.91 Å². The van der Waals surface area contributed by atoms with Crippen molar-refractivity contribution in [3.05, 3.63) is 55.9 Å². The molecule has 1 amide bonds. The normalized spacial score (nSPS) is 15.1. The Labute approximate surface area is 171 Å². The highest BCUT2D eigenvalue weighted by molar-refractivity contribution is 7.18. The highest BCUT2D eigenvalue weighted by atomic mass is 35.5. The van der Waals surface area contributed by atoms with E-state index in [1.165, 1.54) is 17.4 Å². The molecule has 8 heteroatoms. The predicted molar refractivity (Wildman–Crippen MR) is 106 cm³/mol. The van der Waals surface area contributed by atoms with Gasteiger partial charge in [0.25, 0.3) is 0 Å². The second-order valence-corrected chi connectivity index (χ2v) is 8.51. The highest BCUT2D eigenvalue weighted by Crippen LogP contribution is 2.24. The van der Waals surface area contributed by atoms with Crippen LogP contribution in [-0.4, -0.2) is 47.7 Å². The molecular formula is C19H19Cl2FN2O2S. The molecule has 1 fully saturated rings. The molecule has 3 rings (SSSR count). The van der Waals surface area contributed by atoms with E-state index in [9.17, 15) is 14.0 Å². The Morgan fingerprint density at radius 3 is 2.41 bits per heavy atom. The number of hydrogen-bond acceptors (Lipinski definition) is 4. The summed E-state index contributed by atoms with van der Waals surface area (Å²) in [6.45, 7) is 2.83. The molecule has 0 N–H and O–H groups in total. The van der Waals surface area contributed by atoms with Gasteiger partial charge in [0.1, 0.15) is 5.82 Å². The molecule has 0 unspecified atom stereocenters. The third-order valence-corrected chi connectivity index (χ3v) is 6.21. The summed E-state index contributed by atoms with van der Waals surface area (Å²) in [7, 11) is 0. The van der Waals surface area contributed by atoms with Crippen LogP contribution < -0.4 is 0 Å². The van der Waals surface area contributed by atoms with Gasteiger partial charge in [0, 0.05) is 56.2 Å². The first kappa shape index (κ1) is 20.3. The van der Waals surface area contributed by atoms with Crippen molar-refractivity contribution in [2.75, 3.05) is 26.2 Å². The Kier molecular flexibility index (Phi) is 6.87. The van der Waals surface area contributed by atoms with Crippen LogP contribution >= 0.6 is 34.5 Å². The molecule has 1 aliphatic rings. The van der Waals surface area contributed by atoms with Gasteiger partial charge in [-0.2, -0.15) is 0 Å². The summed E-state index contributed by atoms with van der Waals surface area (Å²) < 4.78 is 14.5. The number of amides is 1. The second-order valence-electron chi connectivity index (χ2n) is 6.38. The predicted octanol–water partition coefficient (Wildman–Crippen LogP) is 4.50. The first-order valence-electron chi connectivity index (χ1n) is 8.65. The Morgan fingerprint density at radius 2 is 1.78 bits per heavy atom. The molecule has 0 spiro atoms. The van der Waals surface area contributed by atoms with E-state index in [1.807, 2.05) is 0 Å². The van der Waals surface area contributed by atoms with Crippen LogP contribution in [0.15, 0.2) is 30.3 Å². The van der Waals surface area contributed by atoms with Crippen LogP contribution in [0.5, 0.6) is 0 Å². The molecule has 1 aliphatic heterocycles. The van der Waals surface area contributed by atoms with Crippen molar-refractivity contribution in [3.63, 3.8) is 0 Å². The molecule has 1 aromatic heterocycles. The van der Waals surface area contributed by atoms with E-state index < -0.39 is 0 Å². The van der Waals surface area contributed by atoms with Gasteiger partial charge in [-0.05, 0) is 24.3 Å². The van der Waals surface area contributed by atoms with Gasteiger partial charge in [-0.3, -0.25) is 14.5 Å². The van der Waals surface area contributed by atoms with E-state index in [1.54, 1.807) is 29.2 Å². The number of nitrogens with zero attached hydrogens (tertiary/aromatic N) is 2. The molecule has 4 nitrogen and oxygen atoms in total. The molecule has 27 heavy (non-hydrogen) atoms. The number of Topliss-reactive ketones (excluding diaryl/α,β-unsaturated/α-hetero) is 1. The van der Waals surface area contributed by atoms with E-state index in [0.717, 1.165) is 0 Å². The quantitative estimate of drug-likeness (QED) is 0.635. The lowest BCUT2D eigenvalue weighted by Crippen LogP contribution is -2.48. The summed E-state index contributed by atoms with van der Waals surface area (Å²) in [6.07, 6.45) is 0.369. The minimum absolute atomic E-state index is 0.0328. The van der Waals surface area contributed by atoms with Crippen molar-refractivity contribution < 1.29 is 14.0 Å². The Bertz CT molecular complexity index is 815. The number of halogens is 3. The van der Waals surface area contributed by atoms with Crippen LogP contribution in [0.4, 0.5) is 4.39 Å². The first-order chi connectivity index (χ1) is 12.9. The monoisotopic (exact) mass is 428 g/mol. The van der Waals surface area contributed by atoms with Gasteiger partial charge in [-0.25, -0.2) is 4.39 Å². The lowest BCUT2D eigenvalue weighted by atomic mass is 10.1. The van der Waals surface area contributed by atoms with Gasteiger partial charge < -0.3 is 4.90 Å². The zero-order valence-corrected chi connectivity index (χ0v) is 16.9. The number of thiophene rings is 1. The fourth-order valence-corrected chi connectivity index (χ4v) is 4.26. The molecule has 1 saturated heterocycles. The van der Waals surface area contributed by atoms with E-state index >= 15 is 0 Å². The highest BCUT2D eigenvalue weighted by Gasteiger charge is 2.23. The van der Waals surface area contributed by atoms with E-state index in [2.05, 4.69) is 4.90 Å². The molecule has 0 radical (unpaired) electrons. The van der Waals surface area contributed by atoms with Crippen molar-refractivity contribution in [1.29, 1.82) is 0 Å². The molecule has 144 valence electrons. The average Bonchev–Trinajstić information content (AvgIpc) is 3.09. The largest absolute Gasteiger partial charge is 0.340 e. The zero-order chi connectivity index (χ0) is 19.4.